The molecule has 2 aromatic rings. The monoisotopic (exact) mass is 250 g/mol. The largest absolute Gasteiger partial charge is 0.508 e. The highest BCUT2D eigenvalue weighted by molar-refractivity contribution is 5.59. The lowest BCUT2D eigenvalue weighted by molar-refractivity contribution is -0.492. The first-order chi connectivity index (χ1) is 8.56. The van der Waals surface area contributed by atoms with Crippen molar-refractivity contribution in [2.45, 2.75) is 6.10 Å². The van der Waals surface area contributed by atoms with E-state index < -0.39 is 17.6 Å². The fraction of sp³-hybridized carbons (Fsp3) is 0.182. The lowest BCUT2D eigenvalue weighted by Gasteiger charge is -1.98. The van der Waals surface area contributed by atoms with Crippen LogP contribution in [0.4, 0.5) is 0 Å². The Kier molecular flexibility index (Phi) is 3.24. The van der Waals surface area contributed by atoms with Crippen LogP contribution >= 0.6 is 0 Å². The van der Waals surface area contributed by atoms with Crippen LogP contribution in [0.2, 0.25) is 0 Å². The van der Waals surface area contributed by atoms with Gasteiger partial charge in [0.1, 0.15) is 11.4 Å². The van der Waals surface area contributed by atoms with Crippen LogP contribution in [0.5, 0.6) is 5.75 Å². The number of rotatable bonds is 4. The predicted octanol–water partition coefficient (Wildman–Crippen LogP) is 1.36. The van der Waals surface area contributed by atoms with E-state index in [1.807, 2.05) is 0 Å². The molecule has 7 heteroatoms. The van der Waals surface area contributed by atoms with E-state index in [1.54, 1.807) is 12.1 Å². The van der Waals surface area contributed by atoms with Gasteiger partial charge in [0, 0.05) is 16.6 Å². The summed E-state index contributed by atoms with van der Waals surface area (Å²) in [5.41, 5.74) is 1.11. The molecule has 2 rings (SSSR count). The lowest BCUT2D eigenvalue weighted by Crippen LogP contribution is -2.10. The molecule has 0 spiro atoms. The second-order valence-electron chi connectivity index (χ2n) is 3.69. The lowest BCUT2D eigenvalue weighted by atomic mass is 10.1. The van der Waals surface area contributed by atoms with Crippen molar-refractivity contribution < 1.29 is 19.7 Å². The number of phenolic OH excluding ortho intramolecular Hbond substituents is 1. The van der Waals surface area contributed by atoms with Crippen molar-refractivity contribution in [1.82, 2.24) is 5.16 Å². The van der Waals surface area contributed by atoms with Gasteiger partial charge in [0.05, 0.1) is 0 Å². The van der Waals surface area contributed by atoms with Gasteiger partial charge in [0.15, 0.2) is 11.9 Å². The molecule has 1 aromatic heterocycles. The topological polar surface area (TPSA) is 110 Å². The standard InChI is InChI=1S/C11H10N2O5/c14-8-3-1-7(2-4-8)9-5-11(18-12-9)10(15)6-13(16)17/h1-5,10,14-15H,6H2. The molecule has 0 aliphatic carbocycles. The minimum Gasteiger partial charge on any atom is -0.508 e. The van der Waals surface area contributed by atoms with Crippen LogP contribution in [0.25, 0.3) is 11.3 Å². The Morgan fingerprint density at radius 3 is 2.67 bits per heavy atom. The Morgan fingerprint density at radius 2 is 2.06 bits per heavy atom. The molecule has 0 radical (unpaired) electrons. The van der Waals surface area contributed by atoms with Crippen molar-refractivity contribution in [3.05, 3.63) is 46.2 Å². The average Bonchev–Trinajstić information content (AvgIpc) is 2.78. The molecule has 1 atom stereocenters. The van der Waals surface area contributed by atoms with Crippen LogP contribution < -0.4 is 0 Å². The van der Waals surface area contributed by atoms with Gasteiger partial charge >= 0.3 is 0 Å². The molecular formula is C11H10N2O5. The zero-order valence-electron chi connectivity index (χ0n) is 9.18. The summed E-state index contributed by atoms with van der Waals surface area (Å²) in [5.74, 6) is 0.158. The summed E-state index contributed by atoms with van der Waals surface area (Å²) >= 11 is 0. The molecule has 94 valence electrons. The van der Waals surface area contributed by atoms with E-state index in [0.29, 0.717) is 11.3 Å². The summed E-state index contributed by atoms with van der Waals surface area (Å²) < 4.78 is 4.85. The SMILES string of the molecule is O=[N+]([O-])CC(O)c1cc(-c2ccc(O)cc2)no1. The molecule has 2 N–H and O–H groups in total. The Balaban J connectivity index is 2.19. The van der Waals surface area contributed by atoms with E-state index in [2.05, 4.69) is 5.16 Å². The number of aromatic hydroxyl groups is 1. The van der Waals surface area contributed by atoms with Gasteiger partial charge in [-0.3, -0.25) is 10.1 Å². The first kappa shape index (κ1) is 12.1. The van der Waals surface area contributed by atoms with Crippen molar-refractivity contribution >= 4 is 0 Å². The molecule has 18 heavy (non-hydrogen) atoms. The van der Waals surface area contributed by atoms with Crippen molar-refractivity contribution in [1.29, 1.82) is 0 Å². The molecular weight excluding hydrogens is 240 g/mol. The summed E-state index contributed by atoms with van der Waals surface area (Å²) in [7, 11) is 0. The van der Waals surface area contributed by atoms with Gasteiger partial charge in [-0.25, -0.2) is 0 Å². The second-order valence-corrected chi connectivity index (χ2v) is 3.69. The number of phenols is 1. The number of nitro groups is 1. The van der Waals surface area contributed by atoms with E-state index in [4.69, 9.17) is 9.63 Å². The van der Waals surface area contributed by atoms with E-state index in [-0.39, 0.29) is 11.5 Å². The van der Waals surface area contributed by atoms with E-state index >= 15 is 0 Å². The molecule has 0 fully saturated rings. The van der Waals surface area contributed by atoms with Crippen LogP contribution in [-0.2, 0) is 0 Å². The highest BCUT2D eigenvalue weighted by atomic mass is 16.6. The zero-order chi connectivity index (χ0) is 13.1. The maximum Gasteiger partial charge on any atom is 0.236 e. The Bertz CT molecular complexity index is 549. The van der Waals surface area contributed by atoms with Crippen molar-refractivity contribution in [3.63, 3.8) is 0 Å². The van der Waals surface area contributed by atoms with Crippen LogP contribution in [0.15, 0.2) is 34.9 Å². The third-order valence-electron chi connectivity index (χ3n) is 2.34. The number of aliphatic hydroxyl groups excluding tert-OH is 1. The first-order valence-electron chi connectivity index (χ1n) is 5.12. The third-order valence-corrected chi connectivity index (χ3v) is 2.34. The van der Waals surface area contributed by atoms with Crippen molar-refractivity contribution in [3.8, 4) is 17.0 Å². The molecule has 1 aromatic carbocycles. The highest BCUT2D eigenvalue weighted by Gasteiger charge is 2.19. The normalized spacial score (nSPS) is 12.3. The Hall–Kier alpha value is -2.41. The van der Waals surface area contributed by atoms with Crippen LogP contribution in [0, 0.1) is 10.1 Å². The summed E-state index contributed by atoms with van der Waals surface area (Å²) in [6, 6.07) is 7.64. The maximum absolute atomic E-state index is 10.3. The van der Waals surface area contributed by atoms with Gasteiger partial charge in [-0.15, -0.1) is 0 Å². The molecule has 0 amide bonds. The second kappa shape index (κ2) is 4.84. The van der Waals surface area contributed by atoms with E-state index in [1.165, 1.54) is 18.2 Å². The molecule has 0 saturated heterocycles. The quantitative estimate of drug-likeness (QED) is 0.626. The highest BCUT2D eigenvalue weighted by Crippen LogP contribution is 2.24. The van der Waals surface area contributed by atoms with Crippen molar-refractivity contribution in [2.24, 2.45) is 0 Å². The smallest absolute Gasteiger partial charge is 0.236 e. The van der Waals surface area contributed by atoms with Gasteiger partial charge in [0.25, 0.3) is 0 Å². The fourth-order valence-corrected chi connectivity index (χ4v) is 1.45. The molecule has 7 nitrogen and oxygen atoms in total. The molecule has 0 aliphatic heterocycles. The fourth-order valence-electron chi connectivity index (χ4n) is 1.45. The number of hydrogen-bond donors (Lipinski definition) is 2. The molecule has 1 heterocycles. The van der Waals surface area contributed by atoms with Gasteiger partial charge in [-0.2, -0.15) is 0 Å². The van der Waals surface area contributed by atoms with Gasteiger partial charge in [-0.1, -0.05) is 5.16 Å². The molecule has 0 aliphatic rings. The zero-order valence-corrected chi connectivity index (χ0v) is 9.18. The maximum atomic E-state index is 10.3. The molecule has 0 bridgehead atoms. The van der Waals surface area contributed by atoms with E-state index in [9.17, 15) is 15.2 Å². The average molecular weight is 250 g/mol. The summed E-state index contributed by atoms with van der Waals surface area (Å²) in [4.78, 5) is 9.62. The number of hydrogen-bond acceptors (Lipinski definition) is 6. The van der Waals surface area contributed by atoms with Gasteiger partial charge in [-0.05, 0) is 24.3 Å². The van der Waals surface area contributed by atoms with Crippen molar-refractivity contribution in [2.75, 3.05) is 6.54 Å². The number of aliphatic hydroxyl groups is 1. The number of nitrogens with zero attached hydrogens (tertiary/aromatic N) is 2. The summed E-state index contributed by atoms with van der Waals surface area (Å²) in [6.45, 7) is -0.635. The third kappa shape index (κ3) is 2.64. The van der Waals surface area contributed by atoms with Crippen LogP contribution in [0.3, 0.4) is 0 Å². The predicted molar refractivity (Wildman–Crippen MR) is 60.4 cm³/mol. The van der Waals surface area contributed by atoms with E-state index in [0.717, 1.165) is 0 Å². The van der Waals surface area contributed by atoms with Crippen LogP contribution in [-0.4, -0.2) is 26.8 Å². The minimum absolute atomic E-state index is 0.0368. The number of benzene rings is 1. The Labute approximate surface area is 101 Å². The van der Waals surface area contributed by atoms with Gasteiger partial charge in [0.2, 0.25) is 6.54 Å². The number of aromatic nitrogens is 1. The first-order valence-corrected chi connectivity index (χ1v) is 5.12. The van der Waals surface area contributed by atoms with Gasteiger partial charge < -0.3 is 14.7 Å². The summed E-state index contributed by atoms with van der Waals surface area (Å²) in [5, 5.41) is 32.6. The summed E-state index contributed by atoms with van der Waals surface area (Å²) in [6.07, 6.45) is -1.32. The minimum atomic E-state index is -1.32. The Morgan fingerprint density at radius 1 is 1.39 bits per heavy atom. The molecule has 1 unspecified atom stereocenters. The molecule has 0 saturated carbocycles. The van der Waals surface area contributed by atoms with Crippen LogP contribution in [0.1, 0.15) is 11.9 Å².